The van der Waals surface area contributed by atoms with Crippen LogP contribution in [-0.2, 0) is 16.6 Å². The maximum Gasteiger partial charge on any atom is 0.240 e. The highest BCUT2D eigenvalue weighted by Gasteiger charge is 2.12. The molecule has 0 saturated carbocycles. The highest BCUT2D eigenvalue weighted by atomic mass is 32.2. The molecule has 0 aliphatic rings. The van der Waals surface area contributed by atoms with E-state index in [0.29, 0.717) is 11.4 Å². The molecule has 19 heavy (non-hydrogen) atoms. The summed E-state index contributed by atoms with van der Waals surface area (Å²) in [4.78, 5) is 0.297. The molecule has 0 saturated heterocycles. The fourth-order valence-corrected chi connectivity index (χ4v) is 2.82. The molecule has 0 radical (unpaired) electrons. The maximum atomic E-state index is 12.1. The Bertz CT molecular complexity index is 661. The van der Waals surface area contributed by atoms with Crippen LogP contribution in [0.3, 0.4) is 0 Å². The van der Waals surface area contributed by atoms with Gasteiger partial charge in [-0.2, -0.15) is 0 Å². The smallest absolute Gasteiger partial charge is 0.207 e. The van der Waals surface area contributed by atoms with Gasteiger partial charge in [-0.1, -0.05) is 47.5 Å². The second-order valence-electron chi connectivity index (χ2n) is 4.63. The molecule has 2 aromatic rings. The third-order valence-corrected chi connectivity index (χ3v) is 4.30. The Kier molecular flexibility index (Phi) is 4.02. The zero-order chi connectivity index (χ0) is 13.9. The SMILES string of the molecule is Cc1ccc(S(=O)(=O)NCc2cccc(C)c2)cc1. The monoisotopic (exact) mass is 275 g/mol. The van der Waals surface area contributed by atoms with Gasteiger partial charge in [0.25, 0.3) is 0 Å². The quantitative estimate of drug-likeness (QED) is 0.932. The summed E-state index contributed by atoms with van der Waals surface area (Å²) < 4.78 is 26.8. The van der Waals surface area contributed by atoms with Gasteiger partial charge in [0.05, 0.1) is 4.90 Å². The van der Waals surface area contributed by atoms with E-state index in [0.717, 1.165) is 16.7 Å². The van der Waals surface area contributed by atoms with Crippen molar-refractivity contribution in [2.75, 3.05) is 0 Å². The number of benzene rings is 2. The van der Waals surface area contributed by atoms with E-state index in [1.165, 1.54) is 0 Å². The van der Waals surface area contributed by atoms with Crippen LogP contribution in [0.2, 0.25) is 0 Å². The van der Waals surface area contributed by atoms with Crippen LogP contribution in [0.1, 0.15) is 16.7 Å². The van der Waals surface area contributed by atoms with Crippen LogP contribution in [-0.4, -0.2) is 8.42 Å². The Labute approximate surface area is 114 Å². The van der Waals surface area contributed by atoms with Crippen LogP contribution < -0.4 is 4.72 Å². The zero-order valence-electron chi connectivity index (χ0n) is 11.1. The molecule has 1 N–H and O–H groups in total. The molecule has 0 aliphatic heterocycles. The highest BCUT2D eigenvalue weighted by Crippen LogP contribution is 2.11. The summed E-state index contributed by atoms with van der Waals surface area (Å²) in [6, 6.07) is 14.6. The first-order valence-electron chi connectivity index (χ1n) is 6.09. The number of sulfonamides is 1. The minimum absolute atomic E-state index is 0.297. The molecule has 0 unspecified atom stereocenters. The van der Waals surface area contributed by atoms with Crippen molar-refractivity contribution in [2.24, 2.45) is 0 Å². The molecule has 0 aliphatic carbocycles. The van der Waals surface area contributed by atoms with E-state index in [9.17, 15) is 8.42 Å². The molecule has 0 aromatic heterocycles. The third-order valence-electron chi connectivity index (χ3n) is 2.88. The average Bonchev–Trinajstić information content (AvgIpc) is 2.37. The average molecular weight is 275 g/mol. The van der Waals surface area contributed by atoms with Gasteiger partial charge in [-0.15, -0.1) is 0 Å². The van der Waals surface area contributed by atoms with Crippen molar-refractivity contribution in [3.8, 4) is 0 Å². The highest BCUT2D eigenvalue weighted by molar-refractivity contribution is 7.89. The summed E-state index contributed by atoms with van der Waals surface area (Å²) in [7, 11) is -3.44. The van der Waals surface area contributed by atoms with Crippen LogP contribution in [0, 0.1) is 13.8 Å². The molecule has 0 amide bonds. The van der Waals surface area contributed by atoms with E-state index >= 15 is 0 Å². The molecular formula is C15H17NO2S. The Morgan fingerprint density at radius 3 is 2.26 bits per heavy atom. The topological polar surface area (TPSA) is 46.2 Å². The standard InChI is InChI=1S/C15H17NO2S/c1-12-6-8-15(9-7-12)19(17,18)16-11-14-5-3-4-13(2)10-14/h3-10,16H,11H2,1-2H3. The fourth-order valence-electron chi connectivity index (χ4n) is 1.80. The predicted molar refractivity (Wildman–Crippen MR) is 76.4 cm³/mol. The molecule has 0 fully saturated rings. The summed E-state index contributed by atoms with van der Waals surface area (Å²) in [5, 5.41) is 0. The van der Waals surface area contributed by atoms with Gasteiger partial charge >= 0.3 is 0 Å². The Balaban J connectivity index is 2.12. The fraction of sp³-hybridized carbons (Fsp3) is 0.200. The Hall–Kier alpha value is -1.65. The van der Waals surface area contributed by atoms with E-state index in [-0.39, 0.29) is 0 Å². The normalized spacial score (nSPS) is 11.5. The zero-order valence-corrected chi connectivity index (χ0v) is 11.9. The van der Waals surface area contributed by atoms with Gasteiger partial charge in [-0.05, 0) is 31.5 Å². The first kappa shape index (κ1) is 13.8. The first-order valence-corrected chi connectivity index (χ1v) is 7.57. The van der Waals surface area contributed by atoms with E-state index < -0.39 is 10.0 Å². The van der Waals surface area contributed by atoms with Crippen molar-refractivity contribution >= 4 is 10.0 Å². The molecule has 3 nitrogen and oxygen atoms in total. The van der Waals surface area contributed by atoms with E-state index in [2.05, 4.69) is 4.72 Å². The van der Waals surface area contributed by atoms with E-state index in [1.807, 2.05) is 38.1 Å². The van der Waals surface area contributed by atoms with Crippen LogP contribution >= 0.6 is 0 Å². The number of hydrogen-bond donors (Lipinski definition) is 1. The first-order chi connectivity index (χ1) is 8.97. The van der Waals surface area contributed by atoms with Gasteiger partial charge in [-0.3, -0.25) is 0 Å². The summed E-state index contributed by atoms with van der Waals surface area (Å²) in [6.07, 6.45) is 0. The molecule has 0 heterocycles. The molecule has 2 rings (SSSR count). The predicted octanol–water partition coefficient (Wildman–Crippen LogP) is 2.78. The van der Waals surface area contributed by atoms with Crippen LogP contribution in [0.5, 0.6) is 0 Å². The number of nitrogens with one attached hydrogen (secondary N) is 1. The van der Waals surface area contributed by atoms with E-state index in [1.54, 1.807) is 24.3 Å². The van der Waals surface area contributed by atoms with E-state index in [4.69, 9.17) is 0 Å². The lowest BCUT2D eigenvalue weighted by atomic mass is 10.1. The molecule has 4 heteroatoms. The molecule has 0 bridgehead atoms. The summed E-state index contributed by atoms with van der Waals surface area (Å²) >= 11 is 0. The maximum absolute atomic E-state index is 12.1. The van der Waals surface area contributed by atoms with Gasteiger partial charge in [0.2, 0.25) is 10.0 Å². The van der Waals surface area contributed by atoms with Crippen LogP contribution in [0.25, 0.3) is 0 Å². The Morgan fingerprint density at radius 2 is 1.63 bits per heavy atom. The lowest BCUT2D eigenvalue weighted by Crippen LogP contribution is -2.23. The van der Waals surface area contributed by atoms with Crippen molar-refractivity contribution < 1.29 is 8.42 Å². The van der Waals surface area contributed by atoms with Crippen molar-refractivity contribution in [1.29, 1.82) is 0 Å². The summed E-state index contributed by atoms with van der Waals surface area (Å²) in [6.45, 7) is 4.21. The Morgan fingerprint density at radius 1 is 0.947 bits per heavy atom. The number of aryl methyl sites for hydroxylation is 2. The number of rotatable bonds is 4. The lowest BCUT2D eigenvalue weighted by Gasteiger charge is -2.07. The number of hydrogen-bond acceptors (Lipinski definition) is 2. The molecule has 2 aromatic carbocycles. The van der Waals surface area contributed by atoms with Gasteiger partial charge < -0.3 is 0 Å². The largest absolute Gasteiger partial charge is 0.240 e. The van der Waals surface area contributed by atoms with Crippen LogP contribution in [0.4, 0.5) is 0 Å². The van der Waals surface area contributed by atoms with Crippen molar-refractivity contribution in [1.82, 2.24) is 4.72 Å². The molecule has 0 spiro atoms. The minimum Gasteiger partial charge on any atom is -0.207 e. The third kappa shape index (κ3) is 3.66. The summed E-state index contributed by atoms with van der Waals surface area (Å²) in [5.41, 5.74) is 3.11. The van der Waals surface area contributed by atoms with Crippen molar-refractivity contribution in [2.45, 2.75) is 25.3 Å². The second kappa shape index (κ2) is 5.55. The van der Waals surface area contributed by atoms with Gasteiger partial charge in [-0.25, -0.2) is 13.1 Å². The van der Waals surface area contributed by atoms with Gasteiger partial charge in [0, 0.05) is 6.54 Å². The minimum atomic E-state index is -3.44. The molecular weight excluding hydrogens is 258 g/mol. The van der Waals surface area contributed by atoms with Crippen molar-refractivity contribution in [3.63, 3.8) is 0 Å². The van der Waals surface area contributed by atoms with Gasteiger partial charge in [0.1, 0.15) is 0 Å². The molecule has 100 valence electrons. The van der Waals surface area contributed by atoms with Crippen molar-refractivity contribution in [3.05, 3.63) is 65.2 Å². The van der Waals surface area contributed by atoms with Crippen LogP contribution in [0.15, 0.2) is 53.4 Å². The second-order valence-corrected chi connectivity index (χ2v) is 6.39. The lowest BCUT2D eigenvalue weighted by molar-refractivity contribution is 0.581. The van der Waals surface area contributed by atoms with Gasteiger partial charge in [0.15, 0.2) is 0 Å². The summed E-state index contributed by atoms with van der Waals surface area (Å²) in [5.74, 6) is 0. The molecule has 0 atom stereocenters.